The number of nitrogen functional groups attached to an aromatic ring is 1. The minimum absolute atomic E-state index is 0.811. The van der Waals surface area contributed by atoms with E-state index in [1.165, 1.54) is 11.1 Å². The summed E-state index contributed by atoms with van der Waals surface area (Å²) < 4.78 is 2.32. The van der Waals surface area contributed by atoms with Crippen LogP contribution in [0.25, 0.3) is 22.4 Å². The lowest BCUT2D eigenvalue weighted by atomic mass is 10.1. The minimum atomic E-state index is 0.811. The molecule has 4 rings (SSSR count). The molecule has 0 spiro atoms. The van der Waals surface area contributed by atoms with Crippen molar-refractivity contribution in [2.75, 3.05) is 5.73 Å². The van der Waals surface area contributed by atoms with E-state index >= 15 is 0 Å². The molecule has 0 aliphatic carbocycles. The Balaban J connectivity index is 1.68. The summed E-state index contributed by atoms with van der Waals surface area (Å²) in [5.41, 5.74) is 12.7. The molecule has 0 radical (unpaired) electrons. The predicted octanol–water partition coefficient (Wildman–Crippen LogP) is 5.23. The highest BCUT2D eigenvalue weighted by Gasteiger charge is 2.13. The van der Waals surface area contributed by atoms with Gasteiger partial charge in [-0.3, -0.25) is 0 Å². The maximum absolute atomic E-state index is 6.14. The van der Waals surface area contributed by atoms with Gasteiger partial charge < -0.3 is 10.3 Å². The topological polar surface area (TPSA) is 43.8 Å². The van der Waals surface area contributed by atoms with Crippen LogP contribution in [0.2, 0.25) is 0 Å². The van der Waals surface area contributed by atoms with Crippen molar-refractivity contribution in [1.29, 1.82) is 0 Å². The third-order valence-electron chi connectivity index (χ3n) is 4.88. The summed E-state index contributed by atoms with van der Waals surface area (Å²) in [5.74, 6) is 0.992. The first kappa shape index (κ1) is 16.4. The van der Waals surface area contributed by atoms with E-state index in [2.05, 4.69) is 65.2 Å². The molecule has 0 saturated carbocycles. The fourth-order valence-corrected chi connectivity index (χ4v) is 3.39. The number of para-hydroxylation sites is 2. The fraction of sp³-hybridized carbons (Fsp3) is 0.174. The Morgan fingerprint density at radius 3 is 2.50 bits per heavy atom. The Hall–Kier alpha value is -3.07. The van der Waals surface area contributed by atoms with Gasteiger partial charge in [-0.05, 0) is 49.1 Å². The monoisotopic (exact) mass is 341 g/mol. The molecule has 3 aromatic carbocycles. The van der Waals surface area contributed by atoms with Crippen LogP contribution in [-0.2, 0) is 13.0 Å². The highest BCUT2D eigenvalue weighted by molar-refractivity contribution is 5.81. The Morgan fingerprint density at radius 2 is 1.69 bits per heavy atom. The van der Waals surface area contributed by atoms with Crippen LogP contribution in [0.3, 0.4) is 0 Å². The van der Waals surface area contributed by atoms with Gasteiger partial charge in [-0.2, -0.15) is 0 Å². The molecule has 0 atom stereocenters. The van der Waals surface area contributed by atoms with E-state index in [1.807, 2.05) is 19.1 Å². The van der Waals surface area contributed by atoms with Gasteiger partial charge in [0.2, 0.25) is 0 Å². The quantitative estimate of drug-likeness (QED) is 0.505. The van der Waals surface area contributed by atoms with Crippen LogP contribution in [-0.4, -0.2) is 9.55 Å². The SMILES string of the molecule is Cc1ccc(-c2nc3ccccc3n2CCCc2ccccc2)cc1N. The largest absolute Gasteiger partial charge is 0.398 e. The summed E-state index contributed by atoms with van der Waals surface area (Å²) in [4.78, 5) is 4.89. The van der Waals surface area contributed by atoms with Gasteiger partial charge in [0.05, 0.1) is 11.0 Å². The highest BCUT2D eigenvalue weighted by atomic mass is 15.1. The van der Waals surface area contributed by atoms with Crippen molar-refractivity contribution in [1.82, 2.24) is 9.55 Å². The predicted molar refractivity (Wildman–Crippen MR) is 109 cm³/mol. The molecule has 0 saturated heterocycles. The van der Waals surface area contributed by atoms with Crippen LogP contribution < -0.4 is 5.73 Å². The Morgan fingerprint density at radius 1 is 0.923 bits per heavy atom. The van der Waals surface area contributed by atoms with Gasteiger partial charge in [0.1, 0.15) is 5.82 Å². The fourth-order valence-electron chi connectivity index (χ4n) is 3.39. The standard InChI is InChI=1S/C23H23N3/c1-17-13-14-19(16-20(17)24)23-25-21-11-5-6-12-22(21)26(23)15-7-10-18-8-3-2-4-9-18/h2-6,8-9,11-14,16H,7,10,15,24H2,1H3. The van der Waals surface area contributed by atoms with Crippen molar-refractivity contribution in [2.45, 2.75) is 26.3 Å². The number of nitrogens with zero attached hydrogens (tertiary/aromatic N) is 2. The van der Waals surface area contributed by atoms with Gasteiger partial charge in [0.15, 0.2) is 0 Å². The molecule has 0 fully saturated rings. The molecule has 0 unspecified atom stereocenters. The van der Waals surface area contributed by atoms with Gasteiger partial charge in [-0.15, -0.1) is 0 Å². The zero-order chi connectivity index (χ0) is 17.9. The first-order valence-corrected chi connectivity index (χ1v) is 9.08. The van der Waals surface area contributed by atoms with Gasteiger partial charge in [0.25, 0.3) is 0 Å². The number of aromatic nitrogens is 2. The maximum atomic E-state index is 6.14. The molecule has 0 bridgehead atoms. The molecular formula is C23H23N3. The first-order chi connectivity index (χ1) is 12.7. The third kappa shape index (κ3) is 3.21. The summed E-state index contributed by atoms with van der Waals surface area (Å²) in [6.45, 7) is 2.96. The van der Waals surface area contributed by atoms with E-state index in [-0.39, 0.29) is 0 Å². The van der Waals surface area contributed by atoms with Crippen molar-refractivity contribution >= 4 is 16.7 Å². The van der Waals surface area contributed by atoms with Gasteiger partial charge in [-0.25, -0.2) is 4.98 Å². The number of fused-ring (bicyclic) bond motifs is 1. The zero-order valence-corrected chi connectivity index (χ0v) is 15.0. The lowest BCUT2D eigenvalue weighted by molar-refractivity contribution is 0.663. The summed E-state index contributed by atoms with van der Waals surface area (Å²) in [6, 6.07) is 25.2. The molecule has 3 nitrogen and oxygen atoms in total. The molecular weight excluding hydrogens is 318 g/mol. The number of hydrogen-bond acceptors (Lipinski definition) is 2. The summed E-state index contributed by atoms with van der Waals surface area (Å²) in [6.07, 6.45) is 2.13. The Bertz CT molecular complexity index is 1030. The Kier molecular flexibility index (Phi) is 4.44. The maximum Gasteiger partial charge on any atom is 0.141 e. The second-order valence-corrected chi connectivity index (χ2v) is 6.74. The van der Waals surface area contributed by atoms with Crippen LogP contribution in [0.5, 0.6) is 0 Å². The molecule has 130 valence electrons. The smallest absolute Gasteiger partial charge is 0.141 e. The number of rotatable bonds is 5. The van der Waals surface area contributed by atoms with Crippen LogP contribution in [0, 0.1) is 6.92 Å². The van der Waals surface area contributed by atoms with Crippen molar-refractivity contribution in [2.24, 2.45) is 0 Å². The molecule has 3 heteroatoms. The second kappa shape index (κ2) is 7.04. The average molecular weight is 341 g/mol. The molecule has 0 aliphatic heterocycles. The molecule has 1 heterocycles. The van der Waals surface area contributed by atoms with Crippen molar-refractivity contribution in [3.63, 3.8) is 0 Å². The minimum Gasteiger partial charge on any atom is -0.398 e. The van der Waals surface area contributed by atoms with E-state index < -0.39 is 0 Å². The molecule has 4 aromatic rings. The van der Waals surface area contributed by atoms with Crippen molar-refractivity contribution < 1.29 is 0 Å². The third-order valence-corrected chi connectivity index (χ3v) is 4.88. The van der Waals surface area contributed by atoms with Gasteiger partial charge in [0, 0.05) is 17.8 Å². The van der Waals surface area contributed by atoms with Crippen molar-refractivity contribution in [3.05, 3.63) is 83.9 Å². The van der Waals surface area contributed by atoms with E-state index in [4.69, 9.17) is 10.7 Å². The van der Waals surface area contributed by atoms with Crippen LogP contribution in [0.4, 0.5) is 5.69 Å². The molecule has 26 heavy (non-hydrogen) atoms. The normalized spacial score (nSPS) is 11.1. The number of nitrogens with two attached hydrogens (primary N) is 1. The number of benzene rings is 3. The molecule has 1 aromatic heterocycles. The van der Waals surface area contributed by atoms with E-state index in [0.29, 0.717) is 0 Å². The first-order valence-electron chi connectivity index (χ1n) is 9.08. The lowest BCUT2D eigenvalue weighted by Gasteiger charge is -2.11. The number of hydrogen-bond donors (Lipinski definition) is 1. The van der Waals surface area contributed by atoms with Gasteiger partial charge in [-0.1, -0.05) is 54.6 Å². The average Bonchev–Trinajstić information content (AvgIpc) is 3.04. The summed E-state index contributed by atoms with van der Waals surface area (Å²) in [7, 11) is 0. The zero-order valence-electron chi connectivity index (χ0n) is 15.0. The summed E-state index contributed by atoms with van der Waals surface area (Å²) >= 11 is 0. The Labute approximate surface area is 154 Å². The number of imidazole rings is 1. The van der Waals surface area contributed by atoms with Crippen molar-refractivity contribution in [3.8, 4) is 11.4 Å². The van der Waals surface area contributed by atoms with E-state index in [1.54, 1.807) is 0 Å². The number of aryl methyl sites for hydroxylation is 3. The molecule has 2 N–H and O–H groups in total. The van der Waals surface area contributed by atoms with Crippen LogP contribution in [0.1, 0.15) is 17.5 Å². The summed E-state index contributed by atoms with van der Waals surface area (Å²) in [5, 5.41) is 0. The van der Waals surface area contributed by atoms with E-state index in [9.17, 15) is 0 Å². The van der Waals surface area contributed by atoms with Crippen LogP contribution in [0.15, 0.2) is 72.8 Å². The lowest BCUT2D eigenvalue weighted by Crippen LogP contribution is -2.03. The van der Waals surface area contributed by atoms with E-state index in [0.717, 1.165) is 47.5 Å². The highest BCUT2D eigenvalue weighted by Crippen LogP contribution is 2.27. The molecule has 0 amide bonds. The number of anilines is 1. The van der Waals surface area contributed by atoms with Gasteiger partial charge >= 0.3 is 0 Å². The molecule has 0 aliphatic rings. The second-order valence-electron chi connectivity index (χ2n) is 6.74. The van der Waals surface area contributed by atoms with Crippen LogP contribution >= 0.6 is 0 Å².